The Labute approximate surface area is 176 Å². The van der Waals surface area contributed by atoms with Gasteiger partial charge in [0.1, 0.15) is 15.7 Å². The lowest BCUT2D eigenvalue weighted by molar-refractivity contribution is -0.140. The number of rotatable bonds is 6. The summed E-state index contributed by atoms with van der Waals surface area (Å²) in [7, 11) is -3.10. The van der Waals surface area contributed by atoms with Crippen molar-refractivity contribution in [2.24, 2.45) is 0 Å². The molecule has 1 amide bonds. The van der Waals surface area contributed by atoms with E-state index in [4.69, 9.17) is 4.52 Å². The lowest BCUT2D eigenvalue weighted by Crippen LogP contribution is -2.38. The Bertz CT molecular complexity index is 1040. The van der Waals surface area contributed by atoms with E-state index in [-0.39, 0.29) is 23.8 Å². The van der Waals surface area contributed by atoms with Gasteiger partial charge in [0.2, 0.25) is 5.88 Å². The van der Waals surface area contributed by atoms with Gasteiger partial charge in [-0.1, -0.05) is 5.16 Å². The van der Waals surface area contributed by atoms with Crippen LogP contribution in [0.2, 0.25) is 0 Å². The highest BCUT2D eigenvalue weighted by Gasteiger charge is 2.35. The Morgan fingerprint density at radius 1 is 1.26 bits per heavy atom. The maximum Gasteiger partial charge on any atom is 0.419 e. The van der Waals surface area contributed by atoms with Crippen LogP contribution in [-0.2, 0) is 16.0 Å². The van der Waals surface area contributed by atoms with Gasteiger partial charge in [-0.05, 0) is 31.0 Å². The van der Waals surface area contributed by atoms with Crippen molar-refractivity contribution in [2.75, 3.05) is 37.0 Å². The number of carbonyl (C=O) groups excluding carboxylic acids is 1. The van der Waals surface area contributed by atoms with Crippen LogP contribution in [0, 0.1) is 5.82 Å². The second kappa shape index (κ2) is 8.85. The smallest absolute Gasteiger partial charge is 0.353 e. The molecule has 2 aromatic rings. The van der Waals surface area contributed by atoms with Crippen molar-refractivity contribution in [1.29, 1.82) is 0 Å². The van der Waals surface area contributed by atoms with Crippen LogP contribution >= 0.6 is 0 Å². The topological polar surface area (TPSA) is 92.5 Å². The zero-order valence-electron chi connectivity index (χ0n) is 16.6. The van der Waals surface area contributed by atoms with E-state index in [2.05, 4.69) is 10.5 Å². The molecule has 3 rings (SSSR count). The summed E-state index contributed by atoms with van der Waals surface area (Å²) in [5.74, 6) is -1.71. The van der Waals surface area contributed by atoms with Gasteiger partial charge in [0, 0.05) is 43.4 Å². The number of halogens is 4. The van der Waals surface area contributed by atoms with Crippen molar-refractivity contribution in [1.82, 2.24) is 10.1 Å². The van der Waals surface area contributed by atoms with Crippen LogP contribution in [0.4, 0.5) is 23.4 Å². The van der Waals surface area contributed by atoms with Crippen LogP contribution in [-0.4, -0.2) is 56.0 Å². The second-order valence-corrected chi connectivity index (χ2v) is 9.69. The molecule has 1 aromatic heterocycles. The van der Waals surface area contributed by atoms with Crippen molar-refractivity contribution < 1.29 is 35.3 Å². The molecule has 0 aliphatic carbocycles. The summed E-state index contributed by atoms with van der Waals surface area (Å²) in [6.45, 7) is 0.843. The molecule has 2 heterocycles. The summed E-state index contributed by atoms with van der Waals surface area (Å²) in [4.78, 5) is 14.0. The number of piperidine rings is 1. The molecule has 1 aromatic carbocycles. The number of aromatic nitrogens is 1. The number of hydrogen-bond donors (Lipinski definition) is 1. The molecule has 1 aliphatic heterocycles. The molecule has 1 fully saturated rings. The Kier molecular flexibility index (Phi) is 6.58. The molecule has 0 bridgehead atoms. The summed E-state index contributed by atoms with van der Waals surface area (Å²) < 4.78 is 79.3. The van der Waals surface area contributed by atoms with Gasteiger partial charge < -0.3 is 14.7 Å². The third-order valence-electron chi connectivity index (χ3n) is 5.02. The van der Waals surface area contributed by atoms with E-state index < -0.39 is 33.3 Å². The second-order valence-electron chi connectivity index (χ2n) is 7.43. The first kappa shape index (κ1) is 23.0. The van der Waals surface area contributed by atoms with E-state index in [9.17, 15) is 30.8 Å². The van der Waals surface area contributed by atoms with Gasteiger partial charge >= 0.3 is 6.18 Å². The average Bonchev–Trinajstić information content (AvgIpc) is 3.14. The van der Waals surface area contributed by atoms with Crippen molar-refractivity contribution in [3.8, 4) is 0 Å². The first-order valence-corrected chi connectivity index (χ1v) is 11.5. The van der Waals surface area contributed by atoms with Crippen molar-refractivity contribution in [2.45, 2.75) is 24.9 Å². The summed E-state index contributed by atoms with van der Waals surface area (Å²) >= 11 is 0. The van der Waals surface area contributed by atoms with Crippen LogP contribution in [0.25, 0.3) is 0 Å². The fraction of sp³-hybridized carbons (Fsp3) is 0.474. The van der Waals surface area contributed by atoms with E-state index in [0.29, 0.717) is 49.6 Å². The number of nitrogens with one attached hydrogen (secondary N) is 1. The Balaban J connectivity index is 1.56. The quantitative estimate of drug-likeness (QED) is 0.661. The summed E-state index contributed by atoms with van der Waals surface area (Å²) in [5, 5.41) is 6.82. The van der Waals surface area contributed by atoms with Crippen LogP contribution in [0.1, 0.15) is 40.4 Å². The Morgan fingerprint density at radius 2 is 1.94 bits per heavy atom. The molecule has 7 nitrogen and oxygen atoms in total. The monoisotopic (exact) mass is 463 g/mol. The number of alkyl halides is 3. The predicted octanol–water partition coefficient (Wildman–Crippen LogP) is 3.31. The summed E-state index contributed by atoms with van der Waals surface area (Å²) in [5.41, 5.74) is -0.882. The maximum atomic E-state index is 13.8. The Morgan fingerprint density at radius 3 is 2.52 bits per heavy atom. The largest absolute Gasteiger partial charge is 0.419 e. The van der Waals surface area contributed by atoms with Crippen molar-refractivity contribution in [3.05, 3.63) is 46.9 Å². The number of hydrogen-bond acceptors (Lipinski definition) is 6. The highest BCUT2D eigenvalue weighted by atomic mass is 32.2. The fourth-order valence-electron chi connectivity index (χ4n) is 3.36. The predicted molar refractivity (Wildman–Crippen MR) is 104 cm³/mol. The van der Waals surface area contributed by atoms with Crippen molar-refractivity contribution >= 4 is 21.6 Å². The van der Waals surface area contributed by atoms with E-state index >= 15 is 0 Å². The molecule has 12 heteroatoms. The van der Waals surface area contributed by atoms with Crippen LogP contribution in [0.3, 0.4) is 0 Å². The highest BCUT2D eigenvalue weighted by Crippen LogP contribution is 2.33. The molecular formula is C19H21F4N3O4S. The van der Waals surface area contributed by atoms with Gasteiger partial charge in [0.15, 0.2) is 0 Å². The van der Waals surface area contributed by atoms with Crippen LogP contribution in [0.15, 0.2) is 28.8 Å². The molecule has 0 unspecified atom stereocenters. The first-order chi connectivity index (χ1) is 14.4. The number of nitrogens with zero attached hydrogens (tertiary/aromatic N) is 2. The molecule has 1 aliphatic rings. The number of likely N-dealkylation sites (tertiary alicyclic amines) is 1. The van der Waals surface area contributed by atoms with Crippen LogP contribution < -0.4 is 5.32 Å². The van der Waals surface area contributed by atoms with E-state index in [1.54, 1.807) is 6.07 Å². The first-order valence-electron chi connectivity index (χ1n) is 9.48. The van der Waals surface area contributed by atoms with Gasteiger partial charge in [-0.2, -0.15) is 13.2 Å². The van der Waals surface area contributed by atoms with E-state index in [1.165, 1.54) is 4.90 Å². The molecular weight excluding hydrogens is 442 g/mol. The minimum Gasteiger partial charge on any atom is -0.353 e. The summed E-state index contributed by atoms with van der Waals surface area (Å²) in [6, 6.07) is 3.84. The lowest BCUT2D eigenvalue weighted by atomic mass is 9.93. The number of amides is 1. The molecule has 1 N–H and O–H groups in total. The van der Waals surface area contributed by atoms with Gasteiger partial charge in [0.25, 0.3) is 5.91 Å². The molecule has 0 radical (unpaired) electrons. The molecule has 170 valence electrons. The SMILES string of the molecule is CS(=O)(=O)CCNc1cc(C2CCN(C(=O)c3ccc(C(F)(F)F)c(F)c3)CC2)no1. The van der Waals surface area contributed by atoms with Gasteiger partial charge in [0.05, 0.1) is 17.0 Å². The van der Waals surface area contributed by atoms with E-state index in [0.717, 1.165) is 12.3 Å². The summed E-state index contributed by atoms with van der Waals surface area (Å²) in [6.07, 6.45) is -2.59. The Hall–Kier alpha value is -2.63. The van der Waals surface area contributed by atoms with Gasteiger partial charge in [-0.25, -0.2) is 12.8 Å². The van der Waals surface area contributed by atoms with Gasteiger partial charge in [-0.3, -0.25) is 4.79 Å². The number of carbonyl (C=O) groups is 1. The number of benzene rings is 1. The third-order valence-corrected chi connectivity index (χ3v) is 5.97. The average molecular weight is 463 g/mol. The third kappa shape index (κ3) is 5.96. The molecule has 0 saturated carbocycles. The highest BCUT2D eigenvalue weighted by molar-refractivity contribution is 7.90. The minimum absolute atomic E-state index is 0.00241. The molecule has 31 heavy (non-hydrogen) atoms. The van der Waals surface area contributed by atoms with Gasteiger partial charge in [-0.15, -0.1) is 0 Å². The lowest BCUT2D eigenvalue weighted by Gasteiger charge is -2.31. The number of anilines is 1. The fourth-order valence-corrected chi connectivity index (χ4v) is 3.84. The normalized spacial score (nSPS) is 15.8. The standard InChI is InChI=1S/C19H21F4N3O4S/c1-31(28,29)9-6-24-17-11-16(25-30-17)12-4-7-26(8-5-12)18(27)13-2-3-14(15(20)10-13)19(21,22)23/h2-3,10-12,24H,4-9H2,1H3. The number of sulfone groups is 1. The minimum atomic E-state index is -4.82. The van der Waals surface area contributed by atoms with E-state index in [1.807, 2.05) is 0 Å². The maximum absolute atomic E-state index is 13.8. The molecule has 1 saturated heterocycles. The zero-order chi connectivity index (χ0) is 22.8. The van der Waals surface area contributed by atoms with Crippen LogP contribution in [0.5, 0.6) is 0 Å². The molecule has 0 atom stereocenters. The van der Waals surface area contributed by atoms with Crippen molar-refractivity contribution in [3.63, 3.8) is 0 Å². The zero-order valence-corrected chi connectivity index (χ0v) is 17.4. The molecule has 0 spiro atoms.